The Bertz CT molecular complexity index is 518. The third-order valence-corrected chi connectivity index (χ3v) is 4.44. The van der Waals surface area contributed by atoms with E-state index in [-0.39, 0.29) is 24.0 Å². The van der Waals surface area contributed by atoms with Crippen molar-refractivity contribution in [3.05, 3.63) is 35.4 Å². The fourth-order valence-corrected chi connectivity index (χ4v) is 3.38. The Labute approximate surface area is 164 Å². The first-order chi connectivity index (χ1) is 11.0. The van der Waals surface area contributed by atoms with Crippen LogP contribution in [0.4, 0.5) is 0 Å². The second-order valence-corrected chi connectivity index (χ2v) is 7.16. The SMILES string of the molecule is CC1CCCN(Cc2ccccc2CN=C(N(C)C)N(C)C)C1.I. The number of piperidine rings is 1. The van der Waals surface area contributed by atoms with Gasteiger partial charge in [-0.3, -0.25) is 4.90 Å². The summed E-state index contributed by atoms with van der Waals surface area (Å²) in [7, 11) is 8.17. The van der Waals surface area contributed by atoms with Crippen LogP contribution in [0, 0.1) is 5.92 Å². The van der Waals surface area contributed by atoms with E-state index in [4.69, 9.17) is 4.99 Å². The Morgan fingerprint density at radius 2 is 1.75 bits per heavy atom. The molecule has 0 bridgehead atoms. The number of nitrogens with zero attached hydrogens (tertiary/aromatic N) is 4. The minimum absolute atomic E-state index is 0. The quantitative estimate of drug-likeness (QED) is 0.403. The molecule has 1 saturated heterocycles. The first-order valence-corrected chi connectivity index (χ1v) is 8.65. The second kappa shape index (κ2) is 10.2. The van der Waals surface area contributed by atoms with Crippen molar-refractivity contribution in [3.8, 4) is 0 Å². The van der Waals surface area contributed by atoms with Crippen molar-refractivity contribution in [2.75, 3.05) is 41.3 Å². The molecular weight excluding hydrogens is 411 g/mol. The Morgan fingerprint density at radius 3 is 2.33 bits per heavy atom. The van der Waals surface area contributed by atoms with Gasteiger partial charge in [-0.1, -0.05) is 31.2 Å². The van der Waals surface area contributed by atoms with Crippen LogP contribution in [0.25, 0.3) is 0 Å². The molecular formula is C19H33IN4. The summed E-state index contributed by atoms with van der Waals surface area (Å²) in [5.74, 6) is 1.83. The Morgan fingerprint density at radius 1 is 1.12 bits per heavy atom. The van der Waals surface area contributed by atoms with Gasteiger partial charge in [0.15, 0.2) is 5.96 Å². The molecule has 1 fully saturated rings. The van der Waals surface area contributed by atoms with Gasteiger partial charge < -0.3 is 9.80 Å². The van der Waals surface area contributed by atoms with E-state index >= 15 is 0 Å². The zero-order valence-corrected chi connectivity index (χ0v) is 18.2. The normalized spacial score (nSPS) is 17.8. The molecule has 2 rings (SSSR count). The number of rotatable bonds is 4. The summed E-state index contributed by atoms with van der Waals surface area (Å²) in [5, 5.41) is 0. The van der Waals surface area contributed by atoms with Crippen molar-refractivity contribution < 1.29 is 0 Å². The Kier molecular flexibility index (Phi) is 9.05. The molecule has 24 heavy (non-hydrogen) atoms. The molecule has 0 saturated carbocycles. The highest BCUT2D eigenvalue weighted by Gasteiger charge is 2.17. The van der Waals surface area contributed by atoms with Gasteiger partial charge in [0.1, 0.15) is 0 Å². The highest BCUT2D eigenvalue weighted by atomic mass is 127. The number of benzene rings is 1. The Balaban J connectivity index is 0.00000288. The summed E-state index contributed by atoms with van der Waals surface area (Å²) in [6.45, 7) is 6.60. The molecule has 1 aliphatic rings. The van der Waals surface area contributed by atoms with Crippen molar-refractivity contribution in [2.24, 2.45) is 10.9 Å². The summed E-state index contributed by atoms with van der Waals surface area (Å²) >= 11 is 0. The minimum Gasteiger partial charge on any atom is -0.349 e. The summed E-state index contributed by atoms with van der Waals surface area (Å²) in [6.07, 6.45) is 2.70. The van der Waals surface area contributed by atoms with E-state index in [1.165, 1.54) is 37.1 Å². The van der Waals surface area contributed by atoms with Crippen molar-refractivity contribution in [2.45, 2.75) is 32.9 Å². The molecule has 136 valence electrons. The second-order valence-electron chi connectivity index (χ2n) is 7.16. The molecule has 4 nitrogen and oxygen atoms in total. The molecule has 1 aliphatic heterocycles. The van der Waals surface area contributed by atoms with Crippen LogP contribution in [0.1, 0.15) is 30.9 Å². The zero-order chi connectivity index (χ0) is 16.8. The highest BCUT2D eigenvalue weighted by molar-refractivity contribution is 14.0. The molecule has 0 amide bonds. The maximum atomic E-state index is 4.81. The van der Waals surface area contributed by atoms with Gasteiger partial charge in [-0.2, -0.15) is 0 Å². The van der Waals surface area contributed by atoms with Crippen molar-refractivity contribution >= 4 is 29.9 Å². The fraction of sp³-hybridized carbons (Fsp3) is 0.632. The standard InChI is InChI=1S/C19H32N4.HI/c1-16-9-8-12-23(14-16)15-18-11-7-6-10-17(18)13-20-19(21(2)3)22(4)5;/h6-7,10-11,16H,8-9,12-15H2,1-5H3;1H. The van der Waals surface area contributed by atoms with Crippen molar-refractivity contribution in [3.63, 3.8) is 0 Å². The number of guanidine groups is 1. The molecule has 0 aliphatic carbocycles. The molecule has 1 heterocycles. The van der Waals surface area contributed by atoms with Crippen LogP contribution in [0.15, 0.2) is 29.3 Å². The van der Waals surface area contributed by atoms with Crippen LogP contribution < -0.4 is 0 Å². The van der Waals surface area contributed by atoms with Gasteiger partial charge in [0.2, 0.25) is 0 Å². The predicted molar refractivity (Wildman–Crippen MR) is 114 cm³/mol. The average Bonchev–Trinajstić information content (AvgIpc) is 2.48. The lowest BCUT2D eigenvalue weighted by molar-refractivity contribution is 0.176. The number of likely N-dealkylation sites (tertiary alicyclic amines) is 1. The number of halogens is 1. The van der Waals surface area contributed by atoms with Crippen LogP contribution >= 0.6 is 24.0 Å². The molecule has 0 spiro atoms. The van der Waals surface area contributed by atoms with Crippen LogP contribution in [0.3, 0.4) is 0 Å². The molecule has 1 aromatic rings. The van der Waals surface area contributed by atoms with Crippen molar-refractivity contribution in [1.29, 1.82) is 0 Å². The predicted octanol–water partition coefficient (Wildman–Crippen LogP) is 3.52. The fourth-order valence-electron chi connectivity index (χ4n) is 3.38. The average molecular weight is 444 g/mol. The monoisotopic (exact) mass is 444 g/mol. The third kappa shape index (κ3) is 6.24. The molecule has 1 unspecified atom stereocenters. The smallest absolute Gasteiger partial charge is 0.195 e. The van der Waals surface area contributed by atoms with E-state index in [1.807, 2.05) is 28.2 Å². The van der Waals surface area contributed by atoms with E-state index in [1.54, 1.807) is 0 Å². The largest absolute Gasteiger partial charge is 0.349 e. The van der Waals surface area contributed by atoms with Crippen molar-refractivity contribution in [1.82, 2.24) is 14.7 Å². The van der Waals surface area contributed by atoms with Crippen LogP contribution in [-0.4, -0.2) is 61.9 Å². The third-order valence-electron chi connectivity index (χ3n) is 4.44. The van der Waals surface area contributed by atoms with Gasteiger partial charge in [-0.15, -0.1) is 24.0 Å². The molecule has 0 radical (unpaired) electrons. The maximum Gasteiger partial charge on any atom is 0.195 e. The molecule has 1 aromatic carbocycles. The molecule has 5 heteroatoms. The van der Waals surface area contributed by atoms with E-state index < -0.39 is 0 Å². The molecule has 0 aromatic heterocycles. The number of aliphatic imine (C=N–C) groups is 1. The molecule has 0 N–H and O–H groups in total. The summed E-state index contributed by atoms with van der Waals surface area (Å²) in [5.41, 5.74) is 2.76. The molecule has 1 atom stereocenters. The summed E-state index contributed by atoms with van der Waals surface area (Å²) in [6, 6.07) is 8.75. The lowest BCUT2D eigenvalue weighted by atomic mass is 9.99. The zero-order valence-electron chi connectivity index (χ0n) is 15.8. The number of hydrogen-bond donors (Lipinski definition) is 0. The summed E-state index contributed by atoms with van der Waals surface area (Å²) < 4.78 is 0. The minimum atomic E-state index is 0. The topological polar surface area (TPSA) is 22.1 Å². The van der Waals surface area contributed by atoms with Crippen LogP contribution in [0.5, 0.6) is 0 Å². The first kappa shape index (κ1) is 21.2. The van der Waals surface area contributed by atoms with Gasteiger partial charge in [-0.05, 0) is 36.4 Å². The van der Waals surface area contributed by atoms with E-state index in [9.17, 15) is 0 Å². The lowest BCUT2D eigenvalue weighted by Crippen LogP contribution is -2.35. The van der Waals surface area contributed by atoms with E-state index in [0.29, 0.717) is 0 Å². The highest BCUT2D eigenvalue weighted by Crippen LogP contribution is 2.20. The van der Waals surface area contributed by atoms with Gasteiger partial charge >= 0.3 is 0 Å². The van der Waals surface area contributed by atoms with Gasteiger partial charge in [0.25, 0.3) is 0 Å². The van der Waals surface area contributed by atoms with Crippen LogP contribution in [-0.2, 0) is 13.1 Å². The number of hydrogen-bond acceptors (Lipinski definition) is 2. The summed E-state index contributed by atoms with van der Waals surface area (Å²) in [4.78, 5) is 11.5. The van der Waals surface area contributed by atoms with Gasteiger partial charge in [0.05, 0.1) is 6.54 Å². The van der Waals surface area contributed by atoms with E-state index in [0.717, 1.165) is 25.0 Å². The van der Waals surface area contributed by atoms with Crippen LogP contribution in [0.2, 0.25) is 0 Å². The lowest BCUT2D eigenvalue weighted by Gasteiger charge is -2.31. The maximum absolute atomic E-state index is 4.81. The van der Waals surface area contributed by atoms with Gasteiger partial charge in [-0.25, -0.2) is 4.99 Å². The van der Waals surface area contributed by atoms with Gasteiger partial charge in [0, 0.05) is 41.3 Å². The first-order valence-electron chi connectivity index (χ1n) is 8.65. The Hall–Kier alpha value is -0.820. The van der Waals surface area contributed by atoms with E-state index in [2.05, 4.69) is 45.9 Å².